The minimum absolute atomic E-state index is 0.853. The SMILES string of the molecule is CC.CCCNC1CCC2(CC2)C1. The highest BCUT2D eigenvalue weighted by Gasteiger charge is 2.47. The molecule has 0 radical (unpaired) electrons. The van der Waals surface area contributed by atoms with E-state index < -0.39 is 0 Å². The van der Waals surface area contributed by atoms with Crippen LogP contribution in [0.5, 0.6) is 0 Å². The number of rotatable bonds is 3. The molecule has 2 aliphatic rings. The third-order valence-electron chi connectivity index (χ3n) is 3.34. The molecule has 0 aromatic rings. The molecule has 0 aromatic carbocycles. The average molecular weight is 183 g/mol. The zero-order valence-corrected chi connectivity index (χ0v) is 9.53. The topological polar surface area (TPSA) is 12.0 Å². The lowest BCUT2D eigenvalue weighted by molar-refractivity contribution is 0.475. The molecule has 2 saturated carbocycles. The molecule has 0 saturated heterocycles. The Balaban J connectivity index is 0.000000396. The molecule has 0 bridgehead atoms. The van der Waals surface area contributed by atoms with Crippen molar-refractivity contribution in [2.24, 2.45) is 5.41 Å². The van der Waals surface area contributed by atoms with Crippen molar-refractivity contribution in [3.05, 3.63) is 0 Å². The van der Waals surface area contributed by atoms with Gasteiger partial charge in [-0.25, -0.2) is 0 Å². The quantitative estimate of drug-likeness (QED) is 0.707. The lowest BCUT2D eigenvalue weighted by atomic mass is 10.1. The fourth-order valence-electron chi connectivity index (χ4n) is 2.36. The summed E-state index contributed by atoms with van der Waals surface area (Å²) in [6, 6.07) is 0.873. The summed E-state index contributed by atoms with van der Waals surface area (Å²) in [5, 5.41) is 3.63. The summed E-state index contributed by atoms with van der Waals surface area (Å²) in [4.78, 5) is 0. The van der Waals surface area contributed by atoms with Crippen LogP contribution in [0.1, 0.15) is 59.3 Å². The van der Waals surface area contributed by atoms with Crippen molar-refractivity contribution in [1.29, 1.82) is 0 Å². The van der Waals surface area contributed by atoms with Gasteiger partial charge in [0.1, 0.15) is 0 Å². The fraction of sp³-hybridized carbons (Fsp3) is 1.00. The molecule has 1 nitrogen and oxygen atoms in total. The molecular formula is C12H25N. The first-order valence-electron chi connectivity index (χ1n) is 6.08. The molecule has 0 amide bonds. The Hall–Kier alpha value is -0.0400. The van der Waals surface area contributed by atoms with Gasteiger partial charge in [-0.05, 0) is 50.5 Å². The van der Waals surface area contributed by atoms with Gasteiger partial charge < -0.3 is 5.32 Å². The van der Waals surface area contributed by atoms with Crippen LogP contribution >= 0.6 is 0 Å². The Morgan fingerprint density at radius 1 is 1.23 bits per heavy atom. The third kappa shape index (κ3) is 2.98. The molecule has 2 rings (SSSR count). The second-order valence-electron chi connectivity index (χ2n) is 4.39. The summed E-state index contributed by atoms with van der Waals surface area (Å²) in [7, 11) is 0. The van der Waals surface area contributed by atoms with Crippen molar-refractivity contribution < 1.29 is 0 Å². The van der Waals surface area contributed by atoms with Crippen LogP contribution in [0.25, 0.3) is 0 Å². The lowest BCUT2D eigenvalue weighted by Gasteiger charge is -2.11. The van der Waals surface area contributed by atoms with E-state index in [1.807, 2.05) is 13.8 Å². The van der Waals surface area contributed by atoms with Crippen LogP contribution in [0.2, 0.25) is 0 Å². The predicted octanol–water partition coefficient (Wildman–Crippen LogP) is 3.34. The number of nitrogens with one attached hydrogen (secondary N) is 1. The van der Waals surface area contributed by atoms with Crippen LogP contribution in [-0.4, -0.2) is 12.6 Å². The molecule has 1 heteroatoms. The Morgan fingerprint density at radius 2 is 1.92 bits per heavy atom. The highest BCUT2D eigenvalue weighted by atomic mass is 14.9. The van der Waals surface area contributed by atoms with Gasteiger partial charge >= 0.3 is 0 Å². The molecule has 0 aromatic heterocycles. The zero-order valence-electron chi connectivity index (χ0n) is 9.53. The summed E-state index contributed by atoms with van der Waals surface area (Å²) < 4.78 is 0. The van der Waals surface area contributed by atoms with Crippen molar-refractivity contribution in [3.8, 4) is 0 Å². The fourth-order valence-corrected chi connectivity index (χ4v) is 2.36. The Morgan fingerprint density at radius 3 is 2.38 bits per heavy atom. The highest BCUT2D eigenvalue weighted by molar-refractivity contribution is 5.01. The van der Waals surface area contributed by atoms with Gasteiger partial charge in [0.2, 0.25) is 0 Å². The van der Waals surface area contributed by atoms with Gasteiger partial charge in [0.15, 0.2) is 0 Å². The number of hydrogen-bond acceptors (Lipinski definition) is 1. The van der Waals surface area contributed by atoms with E-state index in [2.05, 4.69) is 12.2 Å². The Labute approximate surface area is 83.3 Å². The van der Waals surface area contributed by atoms with E-state index in [-0.39, 0.29) is 0 Å². The molecular weight excluding hydrogens is 158 g/mol. The Bertz CT molecular complexity index is 138. The molecule has 1 unspecified atom stereocenters. The molecule has 2 fully saturated rings. The van der Waals surface area contributed by atoms with Gasteiger partial charge in [0.25, 0.3) is 0 Å². The van der Waals surface area contributed by atoms with E-state index in [0.717, 1.165) is 11.5 Å². The summed E-state index contributed by atoms with van der Waals surface area (Å²) >= 11 is 0. The van der Waals surface area contributed by atoms with Crippen LogP contribution in [0.15, 0.2) is 0 Å². The molecule has 1 atom stereocenters. The second-order valence-corrected chi connectivity index (χ2v) is 4.39. The normalized spacial score (nSPS) is 28.4. The van der Waals surface area contributed by atoms with E-state index in [9.17, 15) is 0 Å². The standard InChI is InChI=1S/C10H19N.C2H6/c1-2-7-11-9-3-4-10(8-9)5-6-10;1-2/h9,11H,2-8H2,1H3;1-2H3. The van der Waals surface area contributed by atoms with Gasteiger partial charge in [0.05, 0.1) is 0 Å². The molecule has 13 heavy (non-hydrogen) atoms. The maximum atomic E-state index is 3.63. The van der Waals surface area contributed by atoms with Crippen LogP contribution in [0.3, 0.4) is 0 Å². The predicted molar refractivity (Wildman–Crippen MR) is 58.9 cm³/mol. The summed E-state index contributed by atoms with van der Waals surface area (Å²) in [5.74, 6) is 0. The zero-order chi connectivity index (χ0) is 9.73. The first kappa shape index (κ1) is 11.0. The first-order chi connectivity index (χ1) is 6.35. The first-order valence-corrected chi connectivity index (χ1v) is 6.08. The highest BCUT2D eigenvalue weighted by Crippen LogP contribution is 2.57. The van der Waals surface area contributed by atoms with Crippen molar-refractivity contribution in [3.63, 3.8) is 0 Å². The van der Waals surface area contributed by atoms with Crippen molar-refractivity contribution in [2.75, 3.05) is 6.54 Å². The van der Waals surface area contributed by atoms with Crippen molar-refractivity contribution in [2.45, 2.75) is 65.3 Å². The van der Waals surface area contributed by atoms with E-state index >= 15 is 0 Å². The lowest BCUT2D eigenvalue weighted by Crippen LogP contribution is -2.27. The van der Waals surface area contributed by atoms with E-state index in [1.165, 1.54) is 45.1 Å². The molecule has 0 heterocycles. The van der Waals surface area contributed by atoms with Gasteiger partial charge in [-0.1, -0.05) is 20.8 Å². The van der Waals surface area contributed by atoms with Gasteiger partial charge in [-0.3, -0.25) is 0 Å². The maximum Gasteiger partial charge on any atom is 0.00725 e. The average Bonchev–Trinajstić information content (AvgIpc) is 2.80. The third-order valence-corrected chi connectivity index (χ3v) is 3.34. The van der Waals surface area contributed by atoms with Crippen LogP contribution < -0.4 is 5.32 Å². The molecule has 78 valence electrons. The second kappa shape index (κ2) is 4.99. The summed E-state index contributed by atoms with van der Waals surface area (Å²) in [6.07, 6.45) is 8.76. The summed E-state index contributed by atoms with van der Waals surface area (Å²) in [6.45, 7) is 7.47. The maximum absolute atomic E-state index is 3.63. The largest absolute Gasteiger partial charge is 0.314 e. The number of hydrogen-bond donors (Lipinski definition) is 1. The van der Waals surface area contributed by atoms with Gasteiger partial charge in [-0.15, -0.1) is 0 Å². The van der Waals surface area contributed by atoms with Crippen LogP contribution in [-0.2, 0) is 0 Å². The van der Waals surface area contributed by atoms with E-state index in [0.29, 0.717) is 0 Å². The summed E-state index contributed by atoms with van der Waals surface area (Å²) in [5.41, 5.74) is 0.853. The van der Waals surface area contributed by atoms with Crippen molar-refractivity contribution >= 4 is 0 Å². The Kier molecular flexibility index (Phi) is 4.24. The van der Waals surface area contributed by atoms with E-state index in [1.54, 1.807) is 0 Å². The van der Waals surface area contributed by atoms with Crippen LogP contribution in [0, 0.1) is 5.41 Å². The minimum Gasteiger partial charge on any atom is -0.314 e. The monoisotopic (exact) mass is 183 g/mol. The van der Waals surface area contributed by atoms with Gasteiger partial charge in [0, 0.05) is 6.04 Å². The van der Waals surface area contributed by atoms with Gasteiger partial charge in [-0.2, -0.15) is 0 Å². The molecule has 0 aliphatic heterocycles. The molecule has 1 spiro atoms. The molecule has 1 N–H and O–H groups in total. The smallest absolute Gasteiger partial charge is 0.00725 e. The van der Waals surface area contributed by atoms with Crippen LogP contribution in [0.4, 0.5) is 0 Å². The minimum atomic E-state index is 0.853. The molecule has 2 aliphatic carbocycles. The van der Waals surface area contributed by atoms with Crippen molar-refractivity contribution in [1.82, 2.24) is 5.32 Å². The van der Waals surface area contributed by atoms with E-state index in [4.69, 9.17) is 0 Å².